The van der Waals surface area contributed by atoms with E-state index in [1.54, 1.807) is 7.05 Å². The summed E-state index contributed by atoms with van der Waals surface area (Å²) >= 11 is 0.817. The highest BCUT2D eigenvalue weighted by Gasteiger charge is 2.03. The second-order valence-corrected chi connectivity index (χ2v) is 5.30. The molecule has 0 unspecified atom stereocenters. The Balaban J connectivity index is 0. The predicted molar refractivity (Wildman–Crippen MR) is 127 cm³/mol. The third kappa shape index (κ3) is 12.2. The van der Waals surface area contributed by atoms with E-state index < -0.39 is 0 Å². The number of hydrogen-bond donors (Lipinski definition) is 2. The first kappa shape index (κ1) is 29.7. The second kappa shape index (κ2) is 21.3. The zero-order valence-corrected chi connectivity index (χ0v) is 19.7. The Morgan fingerprint density at radius 1 is 0.800 bits per heavy atom. The molecule has 0 radical (unpaired) electrons. The Bertz CT molecular complexity index is 800. The van der Waals surface area contributed by atoms with E-state index >= 15 is 0 Å². The summed E-state index contributed by atoms with van der Waals surface area (Å²) in [6, 6.07) is 20.4. The summed E-state index contributed by atoms with van der Waals surface area (Å²) in [7, 11) is 1.66. The van der Waals surface area contributed by atoms with Gasteiger partial charge in [-0.1, -0.05) is 89.0 Å². The summed E-state index contributed by atoms with van der Waals surface area (Å²) in [5, 5.41) is 30.3. The van der Waals surface area contributed by atoms with Crippen LogP contribution in [0.5, 0.6) is 5.75 Å². The molecular weight excluding hydrogens is 400 g/mol. The molecule has 7 heteroatoms. The van der Waals surface area contributed by atoms with Crippen LogP contribution in [0.2, 0.25) is 0 Å². The van der Waals surface area contributed by atoms with E-state index in [1.807, 2.05) is 102 Å². The SMILES string of the molecule is CC.CC.CC.CN=Nc1ccccc1.OOOSc1cc(O)c2ccccc2c1. The predicted octanol–water partition coefficient (Wildman–Crippen LogP) is 8.45. The summed E-state index contributed by atoms with van der Waals surface area (Å²) in [6.45, 7) is 12.0. The maximum atomic E-state index is 9.68. The average molecular weight is 435 g/mol. The quantitative estimate of drug-likeness (QED) is 0.186. The molecule has 3 aromatic carbocycles. The van der Waals surface area contributed by atoms with Gasteiger partial charge in [0.15, 0.2) is 0 Å². The number of fused-ring (bicyclic) bond motifs is 1. The largest absolute Gasteiger partial charge is 0.507 e. The molecule has 0 bridgehead atoms. The monoisotopic (exact) mass is 434 g/mol. The zero-order valence-electron chi connectivity index (χ0n) is 18.9. The van der Waals surface area contributed by atoms with Crippen LogP contribution >= 0.6 is 12.0 Å². The average Bonchev–Trinajstić information content (AvgIpc) is 2.83. The van der Waals surface area contributed by atoms with E-state index in [0.29, 0.717) is 4.90 Å². The molecule has 0 aromatic heterocycles. The van der Waals surface area contributed by atoms with Gasteiger partial charge >= 0.3 is 0 Å². The minimum absolute atomic E-state index is 0.164. The highest BCUT2D eigenvalue weighted by atomic mass is 32.2. The van der Waals surface area contributed by atoms with Crippen LogP contribution in [-0.2, 0) is 9.37 Å². The lowest BCUT2D eigenvalue weighted by Crippen LogP contribution is -1.80. The van der Waals surface area contributed by atoms with Crippen molar-refractivity contribution in [2.24, 2.45) is 10.2 Å². The normalized spacial score (nSPS) is 9.07. The maximum Gasteiger partial charge on any atom is 0.124 e. The van der Waals surface area contributed by atoms with E-state index in [4.69, 9.17) is 5.26 Å². The number of rotatable bonds is 4. The Labute approximate surface area is 184 Å². The van der Waals surface area contributed by atoms with Crippen molar-refractivity contribution in [3.05, 3.63) is 66.7 Å². The highest BCUT2D eigenvalue weighted by Crippen LogP contribution is 2.31. The van der Waals surface area contributed by atoms with E-state index in [-0.39, 0.29) is 5.75 Å². The topological polar surface area (TPSA) is 83.6 Å². The molecule has 0 atom stereocenters. The van der Waals surface area contributed by atoms with Crippen molar-refractivity contribution in [3.63, 3.8) is 0 Å². The highest BCUT2D eigenvalue weighted by molar-refractivity contribution is 7.94. The first-order valence-electron chi connectivity index (χ1n) is 9.96. The Kier molecular flexibility index (Phi) is 21.1. The van der Waals surface area contributed by atoms with Gasteiger partial charge in [-0.2, -0.15) is 10.2 Å². The molecule has 6 nitrogen and oxygen atoms in total. The number of nitrogens with zero attached hydrogens (tertiary/aromatic N) is 2. The first-order valence-corrected chi connectivity index (χ1v) is 10.7. The van der Waals surface area contributed by atoms with Crippen molar-refractivity contribution in [3.8, 4) is 5.75 Å². The van der Waals surface area contributed by atoms with Crippen LogP contribution in [0.15, 0.2) is 81.9 Å². The van der Waals surface area contributed by atoms with Crippen LogP contribution in [-0.4, -0.2) is 17.4 Å². The minimum atomic E-state index is 0.164. The van der Waals surface area contributed by atoms with E-state index in [0.717, 1.165) is 28.5 Å². The summed E-state index contributed by atoms with van der Waals surface area (Å²) < 4.78 is 4.28. The summed E-state index contributed by atoms with van der Waals surface area (Å²) in [5.74, 6) is 0.164. The third-order valence-electron chi connectivity index (χ3n) is 2.95. The maximum absolute atomic E-state index is 9.68. The van der Waals surface area contributed by atoms with Gasteiger partial charge < -0.3 is 5.11 Å². The number of hydrogen-bond acceptors (Lipinski definition) is 7. The second-order valence-electron chi connectivity index (χ2n) is 4.52. The summed E-state index contributed by atoms with van der Waals surface area (Å²) in [6.07, 6.45) is 0. The van der Waals surface area contributed by atoms with Gasteiger partial charge in [0.2, 0.25) is 0 Å². The molecule has 2 N–H and O–H groups in total. The molecule has 0 spiro atoms. The fourth-order valence-electron chi connectivity index (χ4n) is 1.98. The summed E-state index contributed by atoms with van der Waals surface area (Å²) in [4.78, 5) is 0.639. The van der Waals surface area contributed by atoms with Crippen LogP contribution in [0.25, 0.3) is 10.8 Å². The van der Waals surface area contributed by atoms with Crippen molar-refractivity contribution in [1.29, 1.82) is 0 Å². The van der Waals surface area contributed by atoms with Gasteiger partial charge in [0, 0.05) is 17.3 Å². The van der Waals surface area contributed by atoms with E-state index in [9.17, 15) is 5.11 Å². The Hall–Kier alpha value is -2.45. The van der Waals surface area contributed by atoms with Gasteiger partial charge in [-0.25, -0.2) is 5.26 Å². The van der Waals surface area contributed by atoms with Gasteiger partial charge in [0.25, 0.3) is 0 Å². The van der Waals surface area contributed by atoms with E-state index in [1.165, 1.54) is 6.07 Å². The molecule has 0 heterocycles. The van der Waals surface area contributed by atoms with Gasteiger partial charge in [0.1, 0.15) is 5.75 Å². The first-order chi connectivity index (χ1) is 14.7. The fourth-order valence-corrected chi connectivity index (χ4v) is 2.42. The van der Waals surface area contributed by atoms with Gasteiger partial charge in [-0.15, -0.1) is 4.33 Å². The van der Waals surface area contributed by atoms with Crippen molar-refractivity contribution >= 4 is 28.5 Å². The molecular formula is C23H34N2O4S. The number of aromatic hydroxyl groups is 1. The molecule has 30 heavy (non-hydrogen) atoms. The molecule has 0 aliphatic rings. The van der Waals surface area contributed by atoms with Crippen LogP contribution in [0, 0.1) is 0 Å². The smallest absolute Gasteiger partial charge is 0.124 e. The van der Waals surface area contributed by atoms with Crippen LogP contribution in [0.4, 0.5) is 5.69 Å². The Morgan fingerprint density at radius 2 is 1.37 bits per heavy atom. The molecule has 3 rings (SSSR count). The molecule has 0 aliphatic carbocycles. The molecule has 0 saturated heterocycles. The molecule has 0 aliphatic heterocycles. The minimum Gasteiger partial charge on any atom is -0.507 e. The van der Waals surface area contributed by atoms with Crippen molar-refractivity contribution < 1.29 is 19.7 Å². The zero-order chi connectivity index (χ0) is 23.2. The number of benzene rings is 3. The van der Waals surface area contributed by atoms with Crippen LogP contribution < -0.4 is 0 Å². The van der Waals surface area contributed by atoms with Crippen molar-refractivity contribution in [2.45, 2.75) is 46.4 Å². The lowest BCUT2D eigenvalue weighted by atomic mass is 10.1. The van der Waals surface area contributed by atoms with Crippen molar-refractivity contribution in [1.82, 2.24) is 0 Å². The van der Waals surface area contributed by atoms with Crippen LogP contribution in [0.1, 0.15) is 41.5 Å². The van der Waals surface area contributed by atoms with E-state index in [2.05, 4.69) is 19.6 Å². The standard InChI is InChI=1S/C10H8O4S.C7H8N2.3C2H6/c11-10-6-8(15-14-13-12)5-7-3-1-2-4-9(7)10;1-8-9-7-5-3-2-4-6-7;3*1-2/h1-6,11-12H;2-6H,1H3;3*1-2H3. The molecule has 3 aromatic rings. The van der Waals surface area contributed by atoms with Crippen LogP contribution in [0.3, 0.4) is 0 Å². The third-order valence-corrected chi connectivity index (χ3v) is 3.50. The lowest BCUT2D eigenvalue weighted by Gasteiger charge is -2.03. The lowest BCUT2D eigenvalue weighted by molar-refractivity contribution is -0.432. The fraction of sp³-hybridized carbons (Fsp3) is 0.304. The molecule has 0 fully saturated rings. The number of phenolic OH excluding ortho intramolecular Hbond substituents is 1. The van der Waals surface area contributed by atoms with Gasteiger partial charge in [0.05, 0.1) is 17.7 Å². The number of azo groups is 1. The van der Waals surface area contributed by atoms with Gasteiger partial charge in [-0.3, -0.25) is 0 Å². The number of phenols is 1. The molecule has 166 valence electrons. The Morgan fingerprint density at radius 3 is 1.93 bits per heavy atom. The molecule has 0 saturated carbocycles. The van der Waals surface area contributed by atoms with Crippen molar-refractivity contribution in [2.75, 3.05) is 7.05 Å². The summed E-state index contributed by atoms with van der Waals surface area (Å²) in [5.41, 5.74) is 0.903. The van der Waals surface area contributed by atoms with Gasteiger partial charge in [-0.05, 0) is 29.7 Å². The molecule has 0 amide bonds.